The van der Waals surface area contributed by atoms with Crippen LogP contribution in [0.3, 0.4) is 0 Å². The van der Waals surface area contributed by atoms with Crippen LogP contribution in [0.15, 0.2) is 0 Å². The number of hydrogen-bond donors (Lipinski definition) is 0. The van der Waals surface area contributed by atoms with Crippen molar-refractivity contribution in [3.05, 3.63) is 0 Å². The molecular formula is C14H24. The third kappa shape index (κ3) is 0.907. The van der Waals surface area contributed by atoms with E-state index in [2.05, 4.69) is 20.8 Å². The van der Waals surface area contributed by atoms with Crippen molar-refractivity contribution in [2.75, 3.05) is 0 Å². The van der Waals surface area contributed by atoms with E-state index in [1.807, 2.05) is 0 Å². The van der Waals surface area contributed by atoms with Gasteiger partial charge in [0.1, 0.15) is 0 Å². The highest BCUT2D eigenvalue weighted by atomic mass is 14.7. The first kappa shape index (κ1) is 9.24. The molecule has 0 aromatic heterocycles. The first-order valence-corrected chi connectivity index (χ1v) is 6.55. The average Bonchev–Trinajstić information content (AvgIpc) is 2.74. The van der Waals surface area contributed by atoms with Gasteiger partial charge in [-0.15, -0.1) is 0 Å². The van der Waals surface area contributed by atoms with Crippen LogP contribution in [0.2, 0.25) is 0 Å². The normalized spacial score (nSPS) is 51.2. The fourth-order valence-electron chi connectivity index (χ4n) is 5.29. The van der Waals surface area contributed by atoms with Gasteiger partial charge >= 0.3 is 0 Å². The van der Waals surface area contributed by atoms with Crippen LogP contribution < -0.4 is 0 Å². The van der Waals surface area contributed by atoms with Gasteiger partial charge in [0.25, 0.3) is 0 Å². The molecule has 0 nitrogen and oxygen atoms in total. The molecule has 2 bridgehead atoms. The lowest BCUT2D eigenvalue weighted by Gasteiger charge is -2.46. The quantitative estimate of drug-likeness (QED) is 0.538. The van der Waals surface area contributed by atoms with Gasteiger partial charge in [0, 0.05) is 0 Å². The molecular weight excluding hydrogens is 168 g/mol. The minimum Gasteiger partial charge on any atom is -0.0596 e. The maximum atomic E-state index is 2.50. The second kappa shape index (κ2) is 2.57. The zero-order valence-corrected chi connectivity index (χ0v) is 9.97. The van der Waals surface area contributed by atoms with Crippen LogP contribution in [0, 0.1) is 28.6 Å². The zero-order chi connectivity index (χ0) is 9.97. The molecule has 0 N–H and O–H groups in total. The molecule has 4 unspecified atom stereocenters. The highest BCUT2D eigenvalue weighted by molar-refractivity contribution is 5.11. The minimum absolute atomic E-state index is 0.561. The van der Waals surface area contributed by atoms with Crippen LogP contribution in [0.25, 0.3) is 0 Å². The summed E-state index contributed by atoms with van der Waals surface area (Å²) in [5.74, 6) is 3.38. The van der Waals surface area contributed by atoms with Crippen molar-refractivity contribution in [1.29, 1.82) is 0 Å². The summed E-state index contributed by atoms with van der Waals surface area (Å²) in [6.07, 6.45) is 9.32. The average molecular weight is 192 g/mol. The molecule has 3 fully saturated rings. The van der Waals surface area contributed by atoms with Crippen molar-refractivity contribution in [3.8, 4) is 0 Å². The number of hydrogen-bond acceptors (Lipinski definition) is 0. The Kier molecular flexibility index (Phi) is 1.70. The van der Waals surface area contributed by atoms with Gasteiger partial charge in [-0.25, -0.2) is 0 Å². The summed E-state index contributed by atoms with van der Waals surface area (Å²) in [4.78, 5) is 0. The van der Waals surface area contributed by atoms with Crippen LogP contribution in [-0.2, 0) is 0 Å². The Morgan fingerprint density at radius 2 is 1.86 bits per heavy atom. The second-order valence-corrected chi connectivity index (χ2v) is 7.11. The summed E-state index contributed by atoms with van der Waals surface area (Å²) in [7, 11) is 0. The monoisotopic (exact) mass is 192 g/mol. The molecule has 0 aromatic rings. The minimum atomic E-state index is 0.561. The van der Waals surface area contributed by atoms with Gasteiger partial charge in [-0.2, -0.15) is 0 Å². The SMILES string of the molecule is CC(C)(C)C12CCC(C1)C1CCCC12. The summed E-state index contributed by atoms with van der Waals surface area (Å²) in [5, 5.41) is 0. The lowest BCUT2D eigenvalue weighted by Crippen LogP contribution is -2.39. The first-order chi connectivity index (χ1) is 6.55. The van der Waals surface area contributed by atoms with Crippen LogP contribution in [0.5, 0.6) is 0 Å². The molecule has 3 saturated carbocycles. The zero-order valence-electron chi connectivity index (χ0n) is 9.97. The van der Waals surface area contributed by atoms with Gasteiger partial charge in [-0.3, -0.25) is 0 Å². The predicted molar refractivity (Wildman–Crippen MR) is 60.1 cm³/mol. The smallest absolute Gasteiger partial charge is 0.0215 e. The van der Waals surface area contributed by atoms with Crippen molar-refractivity contribution in [2.24, 2.45) is 28.6 Å². The maximum absolute atomic E-state index is 2.50. The van der Waals surface area contributed by atoms with Gasteiger partial charge in [0.2, 0.25) is 0 Å². The largest absolute Gasteiger partial charge is 0.0596 e. The predicted octanol–water partition coefficient (Wildman–Crippen LogP) is 4.25. The molecule has 0 spiro atoms. The van der Waals surface area contributed by atoms with E-state index in [-0.39, 0.29) is 0 Å². The number of rotatable bonds is 0. The van der Waals surface area contributed by atoms with Crippen LogP contribution in [-0.4, -0.2) is 0 Å². The third-order valence-corrected chi connectivity index (χ3v) is 5.97. The number of fused-ring (bicyclic) bond motifs is 5. The Morgan fingerprint density at radius 3 is 2.57 bits per heavy atom. The van der Waals surface area contributed by atoms with Crippen molar-refractivity contribution < 1.29 is 0 Å². The molecule has 0 aromatic carbocycles. The van der Waals surface area contributed by atoms with Gasteiger partial charge in [0.15, 0.2) is 0 Å². The Hall–Kier alpha value is 0. The molecule has 3 aliphatic carbocycles. The van der Waals surface area contributed by atoms with Gasteiger partial charge < -0.3 is 0 Å². The molecule has 0 radical (unpaired) electrons. The summed E-state index contributed by atoms with van der Waals surface area (Å²) < 4.78 is 0. The van der Waals surface area contributed by atoms with Gasteiger partial charge in [0.05, 0.1) is 0 Å². The van der Waals surface area contributed by atoms with E-state index in [0.29, 0.717) is 5.41 Å². The highest BCUT2D eigenvalue weighted by Gasteiger charge is 2.62. The molecule has 14 heavy (non-hydrogen) atoms. The fourth-order valence-corrected chi connectivity index (χ4v) is 5.29. The maximum Gasteiger partial charge on any atom is -0.0215 e. The summed E-state index contributed by atoms with van der Waals surface area (Å²) in [6, 6.07) is 0. The first-order valence-electron chi connectivity index (χ1n) is 6.55. The van der Waals surface area contributed by atoms with E-state index < -0.39 is 0 Å². The standard InChI is InChI=1S/C14H24/c1-13(2,3)14-8-7-10(9-14)11-5-4-6-12(11)14/h10-12H,4-9H2,1-3H3. The lowest BCUT2D eigenvalue weighted by molar-refractivity contribution is 0.0255. The molecule has 3 aliphatic rings. The second-order valence-electron chi connectivity index (χ2n) is 7.11. The van der Waals surface area contributed by atoms with Crippen molar-refractivity contribution >= 4 is 0 Å². The highest BCUT2D eigenvalue weighted by Crippen LogP contribution is 2.71. The topological polar surface area (TPSA) is 0 Å². The lowest BCUT2D eigenvalue weighted by atomic mass is 9.58. The molecule has 0 amide bonds. The van der Waals surface area contributed by atoms with E-state index in [4.69, 9.17) is 0 Å². The fraction of sp³-hybridized carbons (Fsp3) is 1.00. The van der Waals surface area contributed by atoms with Crippen molar-refractivity contribution in [1.82, 2.24) is 0 Å². The summed E-state index contributed by atoms with van der Waals surface area (Å²) in [5.41, 5.74) is 1.31. The molecule has 3 rings (SSSR count). The van der Waals surface area contributed by atoms with E-state index in [1.54, 1.807) is 32.1 Å². The van der Waals surface area contributed by atoms with Crippen LogP contribution in [0.4, 0.5) is 0 Å². The Balaban J connectivity index is 2.00. The van der Waals surface area contributed by atoms with Gasteiger partial charge in [-0.05, 0) is 60.7 Å². The Bertz CT molecular complexity index is 247. The third-order valence-electron chi connectivity index (χ3n) is 5.97. The molecule has 0 aliphatic heterocycles. The van der Waals surface area contributed by atoms with E-state index >= 15 is 0 Å². The summed E-state index contributed by atoms with van der Waals surface area (Å²) in [6.45, 7) is 7.49. The van der Waals surface area contributed by atoms with Gasteiger partial charge in [-0.1, -0.05) is 27.2 Å². The molecule has 4 atom stereocenters. The van der Waals surface area contributed by atoms with E-state index in [9.17, 15) is 0 Å². The van der Waals surface area contributed by atoms with Crippen molar-refractivity contribution in [2.45, 2.75) is 59.3 Å². The molecule has 0 saturated heterocycles. The van der Waals surface area contributed by atoms with E-state index in [1.165, 1.54) is 6.42 Å². The van der Waals surface area contributed by atoms with Crippen LogP contribution in [0.1, 0.15) is 59.3 Å². The van der Waals surface area contributed by atoms with Crippen LogP contribution >= 0.6 is 0 Å². The molecule has 0 heteroatoms. The summed E-state index contributed by atoms with van der Waals surface area (Å²) >= 11 is 0. The Morgan fingerprint density at radius 1 is 1.07 bits per heavy atom. The van der Waals surface area contributed by atoms with E-state index in [0.717, 1.165) is 23.2 Å². The molecule has 0 heterocycles. The molecule has 80 valence electrons. The Labute approximate surface area is 88.5 Å². The van der Waals surface area contributed by atoms with Crippen molar-refractivity contribution in [3.63, 3.8) is 0 Å².